The predicted molar refractivity (Wildman–Crippen MR) is 143 cm³/mol. The highest BCUT2D eigenvalue weighted by molar-refractivity contribution is 5.84. The number of esters is 1. The Balaban J connectivity index is 1.77. The average Bonchev–Trinajstić information content (AvgIpc) is 2.91. The SMILES string of the molecule is CC(=O)Oc1c2cccc1N(C)c1cccc(n1)N(C)c1cccc(n1)N(C)c1cccc(n1)N2C. The average molecular weight is 482 g/mol. The van der Waals surface area contributed by atoms with E-state index in [1.54, 1.807) is 0 Å². The molecule has 9 heteroatoms. The van der Waals surface area contributed by atoms with Gasteiger partial charge in [-0.05, 0) is 48.5 Å². The molecule has 0 fully saturated rings. The molecule has 5 rings (SSSR count). The molecule has 3 aromatic heterocycles. The highest BCUT2D eigenvalue weighted by atomic mass is 16.5. The number of pyridine rings is 3. The maximum atomic E-state index is 12.2. The van der Waals surface area contributed by atoms with Gasteiger partial charge in [-0.15, -0.1) is 0 Å². The van der Waals surface area contributed by atoms with Gasteiger partial charge in [0.2, 0.25) is 0 Å². The van der Waals surface area contributed by atoms with Crippen LogP contribution >= 0.6 is 0 Å². The lowest BCUT2D eigenvalue weighted by Crippen LogP contribution is -2.21. The molecule has 4 heterocycles. The highest BCUT2D eigenvalue weighted by Crippen LogP contribution is 2.42. The van der Waals surface area contributed by atoms with Gasteiger partial charge in [0.15, 0.2) is 5.75 Å². The minimum atomic E-state index is -0.410. The quantitative estimate of drug-likeness (QED) is 0.270. The second-order valence-electron chi connectivity index (χ2n) is 8.52. The normalized spacial score (nSPS) is 13.0. The third-order valence-corrected chi connectivity index (χ3v) is 6.16. The molecule has 36 heavy (non-hydrogen) atoms. The van der Waals surface area contributed by atoms with Gasteiger partial charge in [-0.1, -0.05) is 24.3 Å². The molecule has 0 atom stereocenters. The van der Waals surface area contributed by atoms with Gasteiger partial charge in [-0.25, -0.2) is 15.0 Å². The molecule has 0 aliphatic carbocycles. The van der Waals surface area contributed by atoms with Gasteiger partial charge in [-0.2, -0.15) is 0 Å². The zero-order valence-electron chi connectivity index (χ0n) is 20.9. The molecule has 0 saturated heterocycles. The first-order chi connectivity index (χ1) is 17.3. The third-order valence-electron chi connectivity index (χ3n) is 6.16. The van der Waals surface area contributed by atoms with Crippen molar-refractivity contribution < 1.29 is 9.53 Å². The van der Waals surface area contributed by atoms with E-state index in [1.165, 1.54) is 6.92 Å². The summed E-state index contributed by atoms with van der Waals surface area (Å²) >= 11 is 0. The van der Waals surface area contributed by atoms with Crippen molar-refractivity contribution in [2.75, 3.05) is 47.8 Å². The molecule has 1 aliphatic heterocycles. The molecule has 0 N–H and O–H groups in total. The monoisotopic (exact) mass is 481 g/mol. The number of rotatable bonds is 1. The Morgan fingerprint density at radius 2 is 0.861 bits per heavy atom. The first-order valence-electron chi connectivity index (χ1n) is 11.5. The Bertz CT molecular complexity index is 1350. The topological polar surface area (TPSA) is 77.9 Å². The number of nitrogens with zero attached hydrogens (tertiary/aromatic N) is 7. The molecule has 0 spiro atoms. The molecule has 9 nitrogen and oxygen atoms in total. The van der Waals surface area contributed by atoms with Crippen LogP contribution in [0.25, 0.3) is 0 Å². The second-order valence-corrected chi connectivity index (χ2v) is 8.52. The number of benzene rings is 1. The molecule has 0 saturated carbocycles. The van der Waals surface area contributed by atoms with Crippen LogP contribution in [0.5, 0.6) is 5.75 Å². The Morgan fingerprint density at radius 3 is 1.19 bits per heavy atom. The van der Waals surface area contributed by atoms with Gasteiger partial charge in [-0.3, -0.25) is 4.79 Å². The maximum Gasteiger partial charge on any atom is 0.308 e. The van der Waals surface area contributed by atoms with E-state index in [0.717, 1.165) is 23.3 Å². The van der Waals surface area contributed by atoms with Gasteiger partial charge >= 0.3 is 5.97 Å². The summed E-state index contributed by atoms with van der Waals surface area (Å²) in [6.45, 7) is 1.40. The number of hydrogen-bond acceptors (Lipinski definition) is 9. The first kappa shape index (κ1) is 23.1. The van der Waals surface area contributed by atoms with E-state index in [4.69, 9.17) is 19.7 Å². The van der Waals surface area contributed by atoms with Crippen LogP contribution in [0, 0.1) is 0 Å². The summed E-state index contributed by atoms with van der Waals surface area (Å²) in [6, 6.07) is 23.2. The summed E-state index contributed by atoms with van der Waals surface area (Å²) in [5, 5.41) is 0. The molecule has 4 aromatic rings. The molecule has 1 aliphatic rings. The zero-order chi connectivity index (χ0) is 25.4. The molecular weight excluding hydrogens is 454 g/mol. The van der Waals surface area contributed by atoms with Gasteiger partial charge in [0, 0.05) is 35.1 Å². The summed E-state index contributed by atoms with van der Waals surface area (Å²) in [6.07, 6.45) is 0. The van der Waals surface area contributed by atoms with E-state index in [2.05, 4.69) is 0 Å². The number of anilines is 8. The van der Waals surface area contributed by atoms with Crippen LogP contribution in [0.3, 0.4) is 0 Å². The van der Waals surface area contributed by atoms with Crippen LogP contribution in [0.15, 0.2) is 72.8 Å². The molecule has 1 aromatic carbocycles. The van der Waals surface area contributed by atoms with Crippen LogP contribution in [0.4, 0.5) is 46.3 Å². The van der Waals surface area contributed by atoms with E-state index in [0.29, 0.717) is 28.8 Å². The summed E-state index contributed by atoms with van der Waals surface area (Å²) in [7, 11) is 7.66. The zero-order valence-corrected chi connectivity index (χ0v) is 20.9. The molecule has 0 amide bonds. The Morgan fingerprint density at radius 1 is 0.556 bits per heavy atom. The van der Waals surface area contributed by atoms with Gasteiger partial charge in [0.05, 0.1) is 11.4 Å². The second kappa shape index (κ2) is 9.18. The Kier molecular flexibility index (Phi) is 5.89. The summed E-state index contributed by atoms with van der Waals surface area (Å²) in [4.78, 5) is 34.5. The van der Waals surface area contributed by atoms with Gasteiger partial charge in [0.1, 0.15) is 34.9 Å². The van der Waals surface area contributed by atoms with Crippen molar-refractivity contribution in [3.05, 3.63) is 72.8 Å². The molecule has 0 radical (unpaired) electrons. The predicted octanol–water partition coefficient (Wildman–Crippen LogP) is 5.18. The summed E-state index contributed by atoms with van der Waals surface area (Å²) in [5.41, 5.74) is 1.39. The van der Waals surface area contributed by atoms with Gasteiger partial charge < -0.3 is 24.3 Å². The summed E-state index contributed by atoms with van der Waals surface area (Å²) in [5.74, 6) is 4.33. The van der Waals surface area contributed by atoms with Crippen molar-refractivity contribution >= 4 is 52.3 Å². The van der Waals surface area contributed by atoms with Crippen LogP contribution in [-0.2, 0) is 4.79 Å². The van der Waals surface area contributed by atoms with E-state index in [1.807, 2.05) is 121 Å². The number of hydrogen-bond donors (Lipinski definition) is 0. The molecule has 0 unspecified atom stereocenters. The van der Waals surface area contributed by atoms with Gasteiger partial charge in [0.25, 0.3) is 0 Å². The van der Waals surface area contributed by atoms with Crippen molar-refractivity contribution in [2.24, 2.45) is 0 Å². The fraction of sp³-hybridized carbons (Fsp3) is 0.185. The van der Waals surface area contributed by atoms with E-state index >= 15 is 0 Å². The summed E-state index contributed by atoms with van der Waals surface area (Å²) < 4.78 is 5.77. The van der Waals surface area contributed by atoms with Crippen molar-refractivity contribution in [3.8, 4) is 5.75 Å². The van der Waals surface area contributed by atoms with E-state index in [9.17, 15) is 4.79 Å². The number of aromatic nitrogens is 3. The Hall–Kier alpha value is -4.66. The molecule has 8 bridgehead atoms. The number of carbonyl (C=O) groups excluding carboxylic acids is 1. The van der Waals surface area contributed by atoms with Crippen molar-refractivity contribution in [2.45, 2.75) is 6.92 Å². The number of fused-ring (bicyclic) bond motifs is 8. The van der Waals surface area contributed by atoms with Crippen LogP contribution < -0.4 is 24.3 Å². The Labute approximate surface area is 210 Å². The molecule has 182 valence electrons. The van der Waals surface area contributed by atoms with Crippen molar-refractivity contribution in [1.82, 2.24) is 15.0 Å². The standard InChI is InChI=1S/C27H27N7O2/c1-18(35)36-27-19-10-6-11-20(27)32(3)22-13-8-15-24(29-22)34(5)26-17-9-16-25(30-26)33(4)23-14-7-12-21(28-23)31(19)2/h6-17H,1-5H3. The molecular formula is C27H27N7O2. The third kappa shape index (κ3) is 4.15. The number of ether oxygens (including phenoxy) is 1. The number of para-hydroxylation sites is 1. The van der Waals surface area contributed by atoms with E-state index in [-0.39, 0.29) is 0 Å². The van der Waals surface area contributed by atoms with Crippen LogP contribution in [-0.4, -0.2) is 49.1 Å². The van der Waals surface area contributed by atoms with Crippen LogP contribution in [0.2, 0.25) is 0 Å². The number of carbonyl (C=O) groups is 1. The largest absolute Gasteiger partial charge is 0.422 e. The first-order valence-corrected chi connectivity index (χ1v) is 11.5. The van der Waals surface area contributed by atoms with Crippen molar-refractivity contribution in [3.63, 3.8) is 0 Å². The van der Waals surface area contributed by atoms with Crippen molar-refractivity contribution in [1.29, 1.82) is 0 Å². The van der Waals surface area contributed by atoms with E-state index < -0.39 is 5.97 Å². The van der Waals surface area contributed by atoms with Crippen LogP contribution in [0.1, 0.15) is 6.92 Å². The maximum absolute atomic E-state index is 12.2. The lowest BCUT2D eigenvalue weighted by Gasteiger charge is -2.28. The lowest BCUT2D eigenvalue weighted by atomic mass is 10.2. The minimum Gasteiger partial charge on any atom is -0.422 e. The minimum absolute atomic E-state index is 0.410. The highest BCUT2D eigenvalue weighted by Gasteiger charge is 2.22. The fourth-order valence-electron chi connectivity index (χ4n) is 4.13. The lowest BCUT2D eigenvalue weighted by molar-refractivity contribution is -0.131. The smallest absolute Gasteiger partial charge is 0.308 e. The fourth-order valence-corrected chi connectivity index (χ4v) is 4.13.